The molecule has 1 N–H and O–H groups in total. The zero-order valence-corrected chi connectivity index (χ0v) is 13.0. The summed E-state index contributed by atoms with van der Waals surface area (Å²) in [6.07, 6.45) is 6.17. The smallest absolute Gasteiger partial charge is 0.257 e. The van der Waals surface area contributed by atoms with Crippen LogP contribution in [-0.2, 0) is 4.79 Å². The number of hydrogen-bond donors (Lipinski definition) is 1. The zero-order valence-electron chi connectivity index (χ0n) is 13.0. The fraction of sp³-hybridized carbons (Fsp3) is 0.0556. The van der Waals surface area contributed by atoms with Crippen LogP contribution in [0, 0.1) is 0 Å². The van der Waals surface area contributed by atoms with Crippen LogP contribution in [0.15, 0.2) is 65.7 Å². The molecule has 0 fully saturated rings. The first-order chi connectivity index (χ1) is 11.8. The average Bonchev–Trinajstić information content (AvgIpc) is 3.14. The second kappa shape index (κ2) is 7.23. The third-order valence-electron chi connectivity index (χ3n) is 3.30. The topological polar surface area (TPSA) is 77.2 Å². The minimum Gasteiger partial charge on any atom is -0.497 e. The number of furan rings is 1. The van der Waals surface area contributed by atoms with Gasteiger partial charge in [0, 0.05) is 6.20 Å². The lowest BCUT2D eigenvalue weighted by Crippen LogP contribution is -2.14. The largest absolute Gasteiger partial charge is 0.497 e. The van der Waals surface area contributed by atoms with Gasteiger partial charge in [0.25, 0.3) is 5.91 Å². The molecule has 2 heterocycles. The molecule has 0 aliphatic heterocycles. The van der Waals surface area contributed by atoms with E-state index >= 15 is 0 Å². The van der Waals surface area contributed by atoms with E-state index in [0.717, 1.165) is 5.56 Å². The van der Waals surface area contributed by atoms with Crippen LogP contribution in [0.2, 0.25) is 0 Å². The van der Waals surface area contributed by atoms with Crippen LogP contribution in [0.5, 0.6) is 5.75 Å². The molecule has 0 radical (unpaired) electrons. The third-order valence-corrected chi connectivity index (χ3v) is 3.30. The van der Waals surface area contributed by atoms with Crippen molar-refractivity contribution in [1.29, 1.82) is 0 Å². The first-order valence-electron chi connectivity index (χ1n) is 7.23. The summed E-state index contributed by atoms with van der Waals surface area (Å²) in [6.45, 7) is 0. The van der Waals surface area contributed by atoms with Crippen molar-refractivity contribution in [2.75, 3.05) is 12.4 Å². The maximum atomic E-state index is 12.7. The van der Waals surface area contributed by atoms with Gasteiger partial charge in [-0.25, -0.2) is 9.97 Å². The number of hydrogen-bond acceptors (Lipinski definition) is 5. The standard InChI is InChI=1S/C18H15N3O3/c1-23-14-6-4-13(5-7-14)16(11-15-3-2-10-24-15)18(22)21-17-8-9-19-12-20-17/h2-12H,1H3,(H,19,20,21,22). The molecule has 120 valence electrons. The molecule has 0 spiro atoms. The molecule has 0 aliphatic rings. The fourth-order valence-electron chi connectivity index (χ4n) is 2.11. The molecule has 0 saturated heterocycles. The van der Waals surface area contributed by atoms with E-state index in [4.69, 9.17) is 9.15 Å². The molecular weight excluding hydrogens is 306 g/mol. The van der Waals surface area contributed by atoms with Crippen molar-refractivity contribution in [2.24, 2.45) is 0 Å². The predicted octanol–water partition coefficient (Wildman–Crippen LogP) is 3.26. The van der Waals surface area contributed by atoms with Gasteiger partial charge in [-0.05, 0) is 42.0 Å². The number of anilines is 1. The summed E-state index contributed by atoms with van der Waals surface area (Å²) >= 11 is 0. The summed E-state index contributed by atoms with van der Waals surface area (Å²) in [4.78, 5) is 20.5. The molecule has 0 bridgehead atoms. The van der Waals surface area contributed by atoms with Crippen molar-refractivity contribution in [3.63, 3.8) is 0 Å². The maximum absolute atomic E-state index is 12.7. The van der Waals surface area contributed by atoms with E-state index in [2.05, 4.69) is 15.3 Å². The molecule has 3 rings (SSSR count). The third kappa shape index (κ3) is 3.67. The van der Waals surface area contributed by atoms with Gasteiger partial charge < -0.3 is 14.5 Å². The Morgan fingerprint density at radius 3 is 2.67 bits per heavy atom. The van der Waals surface area contributed by atoms with Crippen LogP contribution in [0.1, 0.15) is 11.3 Å². The van der Waals surface area contributed by atoms with Crippen LogP contribution >= 0.6 is 0 Å². The van der Waals surface area contributed by atoms with Crippen molar-refractivity contribution in [3.05, 3.63) is 72.6 Å². The van der Waals surface area contributed by atoms with Crippen LogP contribution in [0.25, 0.3) is 11.6 Å². The quantitative estimate of drug-likeness (QED) is 0.730. The number of carbonyl (C=O) groups is 1. The number of carbonyl (C=O) groups excluding carboxylic acids is 1. The average molecular weight is 321 g/mol. The summed E-state index contributed by atoms with van der Waals surface area (Å²) in [6, 6.07) is 12.4. The fourth-order valence-corrected chi connectivity index (χ4v) is 2.11. The number of nitrogens with one attached hydrogen (secondary N) is 1. The Balaban J connectivity index is 1.93. The van der Waals surface area contributed by atoms with Crippen molar-refractivity contribution in [3.8, 4) is 5.75 Å². The summed E-state index contributed by atoms with van der Waals surface area (Å²) in [7, 11) is 1.59. The highest BCUT2D eigenvalue weighted by Gasteiger charge is 2.14. The number of benzene rings is 1. The van der Waals surface area contributed by atoms with E-state index in [0.29, 0.717) is 22.9 Å². The Labute approximate surface area is 138 Å². The van der Waals surface area contributed by atoms with Gasteiger partial charge in [-0.1, -0.05) is 12.1 Å². The molecule has 2 aromatic heterocycles. The molecule has 24 heavy (non-hydrogen) atoms. The molecule has 0 saturated carbocycles. The van der Waals surface area contributed by atoms with Crippen LogP contribution in [0.4, 0.5) is 5.82 Å². The minimum atomic E-state index is -0.296. The highest BCUT2D eigenvalue weighted by atomic mass is 16.5. The monoisotopic (exact) mass is 321 g/mol. The lowest BCUT2D eigenvalue weighted by Gasteiger charge is -2.09. The molecule has 0 atom stereocenters. The summed E-state index contributed by atoms with van der Waals surface area (Å²) in [5, 5.41) is 2.75. The Morgan fingerprint density at radius 2 is 2.04 bits per heavy atom. The highest BCUT2D eigenvalue weighted by molar-refractivity contribution is 6.28. The van der Waals surface area contributed by atoms with Crippen molar-refractivity contribution in [2.45, 2.75) is 0 Å². The van der Waals surface area contributed by atoms with E-state index in [1.54, 1.807) is 56.0 Å². The predicted molar refractivity (Wildman–Crippen MR) is 90.2 cm³/mol. The SMILES string of the molecule is COc1ccc(C(=Cc2ccco2)C(=O)Nc2ccncn2)cc1. The molecule has 6 heteroatoms. The van der Waals surface area contributed by atoms with Crippen molar-refractivity contribution >= 4 is 23.4 Å². The number of ether oxygens (including phenoxy) is 1. The number of rotatable bonds is 5. The van der Waals surface area contributed by atoms with Crippen molar-refractivity contribution < 1.29 is 13.9 Å². The molecule has 0 unspecified atom stereocenters. The Hall–Kier alpha value is -3.41. The normalized spacial score (nSPS) is 11.1. The van der Waals surface area contributed by atoms with E-state index in [9.17, 15) is 4.79 Å². The first-order valence-corrected chi connectivity index (χ1v) is 7.23. The van der Waals surface area contributed by atoms with Gasteiger partial charge in [0.2, 0.25) is 0 Å². The van der Waals surface area contributed by atoms with E-state index in [-0.39, 0.29) is 5.91 Å². The second-order valence-electron chi connectivity index (χ2n) is 4.85. The molecule has 6 nitrogen and oxygen atoms in total. The second-order valence-corrected chi connectivity index (χ2v) is 4.85. The number of amides is 1. The number of nitrogens with zero attached hydrogens (tertiary/aromatic N) is 2. The zero-order chi connectivity index (χ0) is 16.8. The number of aromatic nitrogens is 2. The van der Waals surface area contributed by atoms with Gasteiger partial charge in [0.1, 0.15) is 23.7 Å². The summed E-state index contributed by atoms with van der Waals surface area (Å²) in [5.41, 5.74) is 1.19. The van der Waals surface area contributed by atoms with Gasteiger partial charge in [0.05, 0.1) is 18.9 Å². The summed E-state index contributed by atoms with van der Waals surface area (Å²) in [5.74, 6) is 1.43. The van der Waals surface area contributed by atoms with E-state index < -0.39 is 0 Å². The minimum absolute atomic E-state index is 0.296. The van der Waals surface area contributed by atoms with Crippen LogP contribution in [-0.4, -0.2) is 23.0 Å². The molecule has 0 aliphatic carbocycles. The van der Waals surface area contributed by atoms with Gasteiger partial charge in [-0.15, -0.1) is 0 Å². The first kappa shape index (κ1) is 15.5. The maximum Gasteiger partial charge on any atom is 0.257 e. The van der Waals surface area contributed by atoms with Gasteiger partial charge >= 0.3 is 0 Å². The number of methoxy groups -OCH3 is 1. The van der Waals surface area contributed by atoms with Gasteiger partial charge in [0.15, 0.2) is 0 Å². The van der Waals surface area contributed by atoms with Gasteiger partial charge in [-0.3, -0.25) is 4.79 Å². The van der Waals surface area contributed by atoms with Gasteiger partial charge in [-0.2, -0.15) is 0 Å². The highest BCUT2D eigenvalue weighted by Crippen LogP contribution is 2.23. The van der Waals surface area contributed by atoms with E-state index in [1.165, 1.54) is 6.33 Å². The van der Waals surface area contributed by atoms with E-state index in [1.807, 2.05) is 12.1 Å². The Morgan fingerprint density at radius 1 is 1.21 bits per heavy atom. The summed E-state index contributed by atoms with van der Waals surface area (Å²) < 4.78 is 10.5. The lowest BCUT2D eigenvalue weighted by atomic mass is 10.0. The molecule has 3 aromatic rings. The molecule has 1 aromatic carbocycles. The molecule has 1 amide bonds. The lowest BCUT2D eigenvalue weighted by molar-refractivity contribution is -0.111. The Bertz CT molecular complexity index is 826. The van der Waals surface area contributed by atoms with Crippen LogP contribution < -0.4 is 10.1 Å². The molecular formula is C18H15N3O3. The van der Waals surface area contributed by atoms with Crippen molar-refractivity contribution in [1.82, 2.24) is 9.97 Å². The van der Waals surface area contributed by atoms with Crippen LogP contribution in [0.3, 0.4) is 0 Å². The Kier molecular flexibility index (Phi) is 4.67.